The predicted molar refractivity (Wildman–Crippen MR) is 39.8 cm³/mol. The van der Waals surface area contributed by atoms with Gasteiger partial charge in [0.1, 0.15) is 0 Å². The van der Waals surface area contributed by atoms with Gasteiger partial charge in [-0.15, -0.1) is 0 Å². The van der Waals surface area contributed by atoms with Crippen molar-refractivity contribution < 1.29 is 13.2 Å². The van der Waals surface area contributed by atoms with Gasteiger partial charge >= 0.3 is 0 Å². The van der Waals surface area contributed by atoms with Crippen molar-refractivity contribution in [3.63, 3.8) is 0 Å². The Labute approximate surface area is 70.7 Å². The lowest BCUT2D eigenvalue weighted by molar-refractivity contribution is -0.148. The fourth-order valence-corrected chi connectivity index (χ4v) is 1.20. The average molecular weight is 178 g/mol. The molecule has 0 saturated carbocycles. The molecule has 0 aromatic rings. The molecule has 0 aromatic heterocycles. The lowest BCUT2D eigenvalue weighted by atomic mass is 10.0. The van der Waals surface area contributed by atoms with E-state index in [-0.39, 0.29) is 13.1 Å². The van der Waals surface area contributed by atoms with Crippen LogP contribution in [0.25, 0.3) is 0 Å². The van der Waals surface area contributed by atoms with Gasteiger partial charge in [-0.25, -0.2) is 13.2 Å². The van der Waals surface area contributed by atoms with Crippen LogP contribution in [0.15, 0.2) is 0 Å². The van der Waals surface area contributed by atoms with E-state index in [1.807, 2.05) is 0 Å². The molecule has 1 atom stereocenters. The zero-order chi connectivity index (χ0) is 9.35. The Morgan fingerprint density at radius 3 is 2.42 bits per heavy atom. The van der Waals surface area contributed by atoms with E-state index < -0.39 is 12.2 Å². The number of rotatable bonds is 1. The molecular weight excluding hydrogens is 168 g/mol. The fourth-order valence-electron chi connectivity index (χ4n) is 1.20. The summed E-state index contributed by atoms with van der Waals surface area (Å²) in [4.78, 5) is 2.01. The van der Waals surface area contributed by atoms with E-state index in [0.717, 1.165) is 0 Å². The largest absolute Gasteiger partial charge is 0.501 e. The molecule has 1 rings (SSSR count). The van der Waals surface area contributed by atoms with Gasteiger partial charge in [-0.2, -0.15) is 0 Å². The van der Waals surface area contributed by atoms with E-state index in [9.17, 15) is 13.2 Å². The van der Waals surface area contributed by atoms with E-state index in [1.54, 1.807) is 11.9 Å². The number of hydrogen-bond donors (Lipinski definition) is 0. The highest BCUT2D eigenvalue weighted by molar-refractivity contribution is 6.12. The Balaban J connectivity index is 2.57. The van der Waals surface area contributed by atoms with Crippen LogP contribution in [0, 0.1) is 0 Å². The highest BCUT2D eigenvalue weighted by Gasteiger charge is 2.31. The third kappa shape index (κ3) is 2.14. The second-order valence-electron chi connectivity index (χ2n) is 2.98. The van der Waals surface area contributed by atoms with Crippen molar-refractivity contribution in [3.8, 4) is 0 Å². The number of piperazine rings is 1. The van der Waals surface area contributed by atoms with Crippen LogP contribution in [-0.2, 0) is 0 Å². The molecule has 2 nitrogen and oxygen atoms in total. The number of halogens is 3. The summed E-state index contributed by atoms with van der Waals surface area (Å²) in [5, 5.41) is 0. The van der Waals surface area contributed by atoms with Crippen molar-refractivity contribution in [2.75, 3.05) is 26.7 Å². The molecule has 6 heteroatoms. The summed E-state index contributed by atoms with van der Waals surface area (Å²) in [6.07, 6.45) is -1.68. The second-order valence-corrected chi connectivity index (χ2v) is 2.98. The second kappa shape index (κ2) is 3.26. The van der Waals surface area contributed by atoms with E-state index in [1.165, 1.54) is 0 Å². The van der Waals surface area contributed by atoms with Crippen molar-refractivity contribution >= 4 is 7.85 Å². The first kappa shape index (κ1) is 9.86. The molecule has 1 heterocycles. The Morgan fingerprint density at radius 1 is 1.42 bits per heavy atom. The number of likely N-dealkylation sites (N-methyl/N-ethyl adjacent to an activating group) is 1. The maximum atomic E-state index is 12.9. The Hall–Kier alpha value is -0.225. The van der Waals surface area contributed by atoms with Gasteiger partial charge in [-0.1, -0.05) is 0 Å². The molecule has 0 spiro atoms. The number of hydrogen-bond acceptors (Lipinski definition) is 2. The van der Waals surface area contributed by atoms with Gasteiger partial charge in [0, 0.05) is 19.6 Å². The van der Waals surface area contributed by atoms with E-state index in [0.29, 0.717) is 11.4 Å². The van der Waals surface area contributed by atoms with Crippen LogP contribution in [0.1, 0.15) is 0 Å². The first-order valence-corrected chi connectivity index (χ1v) is 3.67. The number of nitrogens with zero attached hydrogens (tertiary/aromatic N) is 2. The minimum atomic E-state index is -3.54. The molecule has 0 N–H and O–H groups in total. The molecule has 12 heavy (non-hydrogen) atoms. The first-order chi connectivity index (χ1) is 5.41. The van der Waals surface area contributed by atoms with Gasteiger partial charge in [0.05, 0.1) is 5.95 Å². The minimum absolute atomic E-state index is 0.0210. The molecule has 1 unspecified atom stereocenters. The van der Waals surface area contributed by atoms with Crippen molar-refractivity contribution in [1.29, 1.82) is 0 Å². The van der Waals surface area contributed by atoms with Gasteiger partial charge in [0.25, 0.3) is 0 Å². The summed E-state index contributed by atoms with van der Waals surface area (Å²) in [7, 11) is 6.16. The minimum Gasteiger partial charge on any atom is -0.501 e. The van der Waals surface area contributed by atoms with Crippen LogP contribution in [0.5, 0.6) is 0 Å². The molecule has 0 aliphatic carbocycles. The van der Waals surface area contributed by atoms with Crippen molar-refractivity contribution in [1.82, 2.24) is 9.80 Å². The average Bonchev–Trinajstić information content (AvgIpc) is 1.83. The third-order valence-corrected chi connectivity index (χ3v) is 1.91. The molecule has 1 aliphatic heterocycles. The molecule has 0 bridgehead atoms. The van der Waals surface area contributed by atoms with Gasteiger partial charge in [-0.3, -0.25) is 4.90 Å². The molecule has 1 saturated heterocycles. The monoisotopic (exact) mass is 178 g/mol. The van der Waals surface area contributed by atoms with E-state index in [4.69, 9.17) is 0 Å². The van der Waals surface area contributed by atoms with Crippen LogP contribution in [0.4, 0.5) is 13.2 Å². The third-order valence-electron chi connectivity index (χ3n) is 1.91. The summed E-state index contributed by atoms with van der Waals surface area (Å²) >= 11 is 0. The Kier molecular flexibility index (Phi) is 2.68. The van der Waals surface area contributed by atoms with E-state index in [2.05, 4.69) is 7.85 Å². The Bertz CT molecular complexity index is 161. The number of alkyl halides is 3. The molecule has 1 aliphatic rings. The van der Waals surface area contributed by atoms with E-state index >= 15 is 0 Å². The van der Waals surface area contributed by atoms with Crippen molar-refractivity contribution in [3.05, 3.63) is 0 Å². The van der Waals surface area contributed by atoms with Gasteiger partial charge in [0.2, 0.25) is 0 Å². The lowest BCUT2D eigenvalue weighted by Gasteiger charge is -2.45. The van der Waals surface area contributed by atoms with Gasteiger partial charge in [-0.05, 0) is 7.05 Å². The molecular formula is C6H10BF3N2-. The van der Waals surface area contributed by atoms with Crippen LogP contribution < -0.4 is 0 Å². The fraction of sp³-hybridized carbons (Fsp3) is 1.00. The Morgan fingerprint density at radius 2 is 2.00 bits per heavy atom. The highest BCUT2D eigenvalue weighted by atomic mass is 19.3. The highest BCUT2D eigenvalue weighted by Crippen LogP contribution is 2.21. The summed E-state index contributed by atoms with van der Waals surface area (Å²) in [5.74, 6) is -3.54. The maximum absolute atomic E-state index is 12.9. The van der Waals surface area contributed by atoms with Crippen LogP contribution in [-0.4, -0.2) is 56.6 Å². The quantitative estimate of drug-likeness (QED) is 0.419. The molecule has 3 radical (unpaired) electrons. The summed E-state index contributed by atoms with van der Waals surface area (Å²) in [6.45, 7) is 0.348. The molecule has 0 aromatic carbocycles. The lowest BCUT2D eigenvalue weighted by Crippen LogP contribution is -2.57. The zero-order valence-corrected chi connectivity index (χ0v) is 6.80. The zero-order valence-electron chi connectivity index (χ0n) is 6.80. The maximum Gasteiger partial charge on any atom is 0.167 e. The molecule has 0 amide bonds. The summed E-state index contributed by atoms with van der Waals surface area (Å²) in [6, 6.07) is 0. The van der Waals surface area contributed by atoms with Gasteiger partial charge < -0.3 is 12.7 Å². The summed E-state index contributed by atoms with van der Waals surface area (Å²) in [5.41, 5.74) is 0. The smallest absolute Gasteiger partial charge is 0.167 e. The predicted octanol–water partition coefficient (Wildman–Crippen LogP) is 0.248. The topological polar surface area (TPSA) is 6.48 Å². The standard InChI is InChI=1S/C6H10BF3N2/c1-11-2-3-12(5(8)4-11)6(7,9)10/h5H,2-4H2,1H3/q-1. The van der Waals surface area contributed by atoms with Crippen LogP contribution in [0.2, 0.25) is 0 Å². The normalized spacial score (nSPS) is 29.2. The van der Waals surface area contributed by atoms with Crippen LogP contribution >= 0.6 is 0 Å². The van der Waals surface area contributed by atoms with Gasteiger partial charge in [0.15, 0.2) is 6.30 Å². The first-order valence-electron chi connectivity index (χ1n) is 3.67. The SMILES string of the molecule is [B-]C(F)(F)N1CCN(C)CC1F. The molecule has 69 valence electrons. The van der Waals surface area contributed by atoms with Crippen molar-refractivity contribution in [2.45, 2.75) is 12.2 Å². The van der Waals surface area contributed by atoms with Crippen molar-refractivity contribution in [2.24, 2.45) is 0 Å². The van der Waals surface area contributed by atoms with Crippen LogP contribution in [0.3, 0.4) is 0 Å². The summed E-state index contributed by atoms with van der Waals surface area (Å²) < 4.78 is 37.8. The molecule has 1 fully saturated rings.